The molecule has 1 aliphatic heterocycles. The van der Waals surface area contributed by atoms with Crippen LogP contribution >= 0.6 is 0 Å². The monoisotopic (exact) mass is 198 g/mol. The molecule has 3 nitrogen and oxygen atoms in total. The van der Waals surface area contributed by atoms with E-state index >= 15 is 0 Å². The highest BCUT2D eigenvalue weighted by Crippen LogP contribution is 2.20. The van der Waals surface area contributed by atoms with Crippen LogP contribution in [0.3, 0.4) is 0 Å². The van der Waals surface area contributed by atoms with Crippen molar-refractivity contribution in [1.82, 2.24) is 4.90 Å². The molecule has 0 aromatic rings. The molecular weight excluding hydrogens is 178 g/mol. The van der Waals surface area contributed by atoms with Crippen LogP contribution in [0.2, 0.25) is 0 Å². The zero-order valence-electron chi connectivity index (χ0n) is 9.38. The predicted molar refractivity (Wildman–Crippen MR) is 55.8 cm³/mol. The minimum atomic E-state index is 0.156. The molecule has 1 fully saturated rings. The van der Waals surface area contributed by atoms with E-state index < -0.39 is 0 Å². The normalized spacial score (nSPS) is 18.4. The van der Waals surface area contributed by atoms with Gasteiger partial charge in [0.05, 0.1) is 19.6 Å². The van der Waals surface area contributed by atoms with Gasteiger partial charge in [-0.1, -0.05) is 20.8 Å². The van der Waals surface area contributed by atoms with Gasteiger partial charge in [0.1, 0.15) is 0 Å². The van der Waals surface area contributed by atoms with Crippen LogP contribution in [0.25, 0.3) is 0 Å². The molecule has 0 bridgehead atoms. The van der Waals surface area contributed by atoms with Crippen LogP contribution in [0.15, 0.2) is 0 Å². The number of carbonyl (C=O) groups is 1. The van der Waals surface area contributed by atoms with E-state index in [1.165, 1.54) is 0 Å². The van der Waals surface area contributed by atoms with E-state index in [0.29, 0.717) is 13.2 Å². The van der Waals surface area contributed by atoms with Crippen LogP contribution in [-0.2, 0) is 9.53 Å². The molecular formula is C11H20NO2. The molecule has 1 saturated heterocycles. The van der Waals surface area contributed by atoms with E-state index in [0.717, 1.165) is 19.5 Å². The first-order valence-electron chi connectivity index (χ1n) is 5.19. The van der Waals surface area contributed by atoms with Gasteiger partial charge in [-0.2, -0.15) is 0 Å². The molecule has 0 aromatic carbocycles. The second-order valence-electron chi connectivity index (χ2n) is 4.91. The van der Waals surface area contributed by atoms with Crippen molar-refractivity contribution in [2.45, 2.75) is 27.2 Å². The number of rotatable bonds is 2. The molecule has 1 rings (SSSR count). The third-order valence-corrected chi connectivity index (χ3v) is 2.21. The first-order valence-corrected chi connectivity index (χ1v) is 5.19. The molecule has 1 radical (unpaired) electrons. The molecule has 0 atom stereocenters. The van der Waals surface area contributed by atoms with E-state index in [1.54, 1.807) is 6.42 Å². The Labute approximate surface area is 86.4 Å². The summed E-state index contributed by atoms with van der Waals surface area (Å²) in [4.78, 5) is 13.5. The van der Waals surface area contributed by atoms with Crippen molar-refractivity contribution in [3.05, 3.63) is 6.42 Å². The van der Waals surface area contributed by atoms with E-state index in [2.05, 4.69) is 20.8 Å². The molecule has 1 amide bonds. The topological polar surface area (TPSA) is 29.5 Å². The summed E-state index contributed by atoms with van der Waals surface area (Å²) >= 11 is 0. The van der Waals surface area contributed by atoms with E-state index in [9.17, 15) is 4.79 Å². The first-order chi connectivity index (χ1) is 6.49. The standard InChI is InChI=1S/C11H20NO2/c1-11(2,3)5-4-10(13)12-6-8-14-9-7-12/h4H,5-9H2,1-3H3. The van der Waals surface area contributed by atoms with Crippen molar-refractivity contribution < 1.29 is 9.53 Å². The summed E-state index contributed by atoms with van der Waals surface area (Å²) in [5.74, 6) is 0.156. The maximum atomic E-state index is 11.7. The third kappa shape index (κ3) is 4.09. The van der Waals surface area contributed by atoms with Crippen molar-refractivity contribution in [3.63, 3.8) is 0 Å². The van der Waals surface area contributed by atoms with Crippen molar-refractivity contribution in [2.24, 2.45) is 5.41 Å². The van der Waals surface area contributed by atoms with Gasteiger partial charge in [0, 0.05) is 13.1 Å². The number of amides is 1. The molecule has 1 aliphatic rings. The van der Waals surface area contributed by atoms with Crippen LogP contribution in [0, 0.1) is 11.8 Å². The summed E-state index contributed by atoms with van der Waals surface area (Å²) < 4.78 is 5.19. The largest absolute Gasteiger partial charge is 0.378 e. The minimum absolute atomic E-state index is 0.156. The van der Waals surface area contributed by atoms with E-state index in [-0.39, 0.29) is 11.3 Å². The fourth-order valence-corrected chi connectivity index (χ4v) is 1.31. The summed E-state index contributed by atoms with van der Waals surface area (Å²) in [5, 5.41) is 0. The molecule has 0 spiro atoms. The molecule has 3 heteroatoms. The highest BCUT2D eigenvalue weighted by atomic mass is 16.5. The smallest absolute Gasteiger partial charge is 0.226 e. The fraction of sp³-hybridized carbons (Fsp3) is 0.818. The summed E-state index contributed by atoms with van der Waals surface area (Å²) in [7, 11) is 0. The maximum Gasteiger partial charge on any atom is 0.226 e. The third-order valence-electron chi connectivity index (χ3n) is 2.21. The lowest BCUT2D eigenvalue weighted by Gasteiger charge is -2.28. The quantitative estimate of drug-likeness (QED) is 0.672. The van der Waals surface area contributed by atoms with Gasteiger partial charge in [-0.3, -0.25) is 4.79 Å². The van der Waals surface area contributed by atoms with Crippen molar-refractivity contribution in [2.75, 3.05) is 26.3 Å². The molecule has 81 valence electrons. The number of hydrogen-bond acceptors (Lipinski definition) is 2. The number of ether oxygens (including phenoxy) is 1. The average molecular weight is 198 g/mol. The lowest BCUT2D eigenvalue weighted by atomic mass is 9.90. The zero-order chi connectivity index (χ0) is 10.6. The molecule has 0 unspecified atom stereocenters. The van der Waals surface area contributed by atoms with E-state index in [4.69, 9.17) is 4.74 Å². The number of nitrogens with zero attached hydrogens (tertiary/aromatic N) is 1. The highest BCUT2D eigenvalue weighted by Gasteiger charge is 2.19. The second-order valence-corrected chi connectivity index (χ2v) is 4.91. The summed E-state index contributed by atoms with van der Waals surface area (Å²) in [5.41, 5.74) is 0.196. The maximum absolute atomic E-state index is 11.7. The van der Waals surface area contributed by atoms with Gasteiger partial charge in [-0.05, 0) is 11.8 Å². The minimum Gasteiger partial charge on any atom is -0.378 e. The Kier molecular flexibility index (Phi) is 3.93. The first kappa shape index (κ1) is 11.5. The Morgan fingerprint density at radius 1 is 1.36 bits per heavy atom. The molecule has 0 aromatic heterocycles. The Hall–Kier alpha value is -0.570. The van der Waals surface area contributed by atoms with Crippen LogP contribution in [-0.4, -0.2) is 37.1 Å². The van der Waals surface area contributed by atoms with Gasteiger partial charge in [0.25, 0.3) is 0 Å². The predicted octanol–water partition coefficient (Wildman–Crippen LogP) is 1.49. The van der Waals surface area contributed by atoms with Crippen LogP contribution < -0.4 is 0 Å². The van der Waals surface area contributed by atoms with Crippen molar-refractivity contribution in [1.29, 1.82) is 0 Å². The second kappa shape index (κ2) is 4.78. The number of carbonyl (C=O) groups excluding carboxylic acids is 1. The Morgan fingerprint density at radius 3 is 2.43 bits per heavy atom. The van der Waals surface area contributed by atoms with Gasteiger partial charge in [0.15, 0.2) is 0 Å². The molecule has 0 saturated carbocycles. The Morgan fingerprint density at radius 2 is 1.93 bits per heavy atom. The van der Waals surface area contributed by atoms with Crippen molar-refractivity contribution in [3.8, 4) is 0 Å². The van der Waals surface area contributed by atoms with Crippen LogP contribution in [0.5, 0.6) is 0 Å². The lowest BCUT2D eigenvalue weighted by Crippen LogP contribution is -2.41. The van der Waals surface area contributed by atoms with Crippen LogP contribution in [0.1, 0.15) is 27.2 Å². The Bertz CT molecular complexity index is 190. The van der Waals surface area contributed by atoms with Gasteiger partial charge >= 0.3 is 0 Å². The average Bonchev–Trinajstić information content (AvgIpc) is 2.14. The fourth-order valence-electron chi connectivity index (χ4n) is 1.31. The molecule has 14 heavy (non-hydrogen) atoms. The number of hydrogen-bond donors (Lipinski definition) is 0. The lowest BCUT2D eigenvalue weighted by molar-refractivity contribution is -0.131. The van der Waals surface area contributed by atoms with Gasteiger partial charge in [-0.15, -0.1) is 0 Å². The SMILES string of the molecule is CC(C)(C)C[CH]C(=O)N1CCOCC1. The van der Waals surface area contributed by atoms with Crippen LogP contribution in [0.4, 0.5) is 0 Å². The molecule has 1 heterocycles. The number of morpholine rings is 1. The summed E-state index contributed by atoms with van der Waals surface area (Å²) in [6.45, 7) is 9.23. The summed E-state index contributed by atoms with van der Waals surface area (Å²) in [6, 6.07) is 0. The van der Waals surface area contributed by atoms with Gasteiger partial charge in [0.2, 0.25) is 5.91 Å². The van der Waals surface area contributed by atoms with E-state index in [1.807, 2.05) is 4.90 Å². The van der Waals surface area contributed by atoms with Gasteiger partial charge < -0.3 is 9.64 Å². The Balaban J connectivity index is 2.27. The molecule has 0 N–H and O–H groups in total. The summed E-state index contributed by atoms with van der Waals surface area (Å²) in [6.07, 6.45) is 2.63. The van der Waals surface area contributed by atoms with Gasteiger partial charge in [-0.25, -0.2) is 0 Å². The van der Waals surface area contributed by atoms with Crippen molar-refractivity contribution >= 4 is 5.91 Å². The molecule has 0 aliphatic carbocycles. The highest BCUT2D eigenvalue weighted by molar-refractivity contribution is 5.84. The zero-order valence-corrected chi connectivity index (χ0v) is 9.38.